The van der Waals surface area contributed by atoms with Gasteiger partial charge in [-0.3, -0.25) is 4.79 Å². The highest BCUT2D eigenvalue weighted by Crippen LogP contribution is 2.34. The Labute approximate surface area is 113 Å². The number of nitrogens with two attached hydrogens (primary N) is 1. The number of carbonyl (C=O) groups is 1. The van der Waals surface area contributed by atoms with Crippen molar-refractivity contribution in [2.45, 2.75) is 38.1 Å². The lowest BCUT2D eigenvalue weighted by Crippen LogP contribution is -2.53. The molecule has 1 aliphatic carbocycles. The zero-order chi connectivity index (χ0) is 13.7. The molecule has 2 rings (SSSR count). The minimum Gasteiger partial charge on any atom is -0.345 e. The highest BCUT2D eigenvalue weighted by molar-refractivity contribution is 5.92. The Morgan fingerprint density at radius 2 is 2.32 bits per heavy atom. The van der Waals surface area contributed by atoms with Gasteiger partial charge in [-0.15, -0.1) is 0 Å². The van der Waals surface area contributed by atoms with Crippen LogP contribution in [-0.2, 0) is 0 Å². The fourth-order valence-corrected chi connectivity index (χ4v) is 2.23. The van der Waals surface area contributed by atoms with Gasteiger partial charge in [-0.2, -0.15) is 0 Å². The Morgan fingerprint density at radius 1 is 1.53 bits per heavy atom. The molecular formula is C15H19N3O. The maximum absolute atomic E-state index is 12.1. The van der Waals surface area contributed by atoms with Crippen LogP contribution in [0.4, 0.5) is 0 Å². The lowest BCUT2D eigenvalue weighted by atomic mass is 9.75. The van der Waals surface area contributed by atoms with Crippen LogP contribution in [0.1, 0.15) is 48.7 Å². The van der Waals surface area contributed by atoms with Gasteiger partial charge in [0, 0.05) is 17.3 Å². The summed E-state index contributed by atoms with van der Waals surface area (Å²) < 4.78 is 0. The van der Waals surface area contributed by atoms with Crippen molar-refractivity contribution in [1.82, 2.24) is 10.3 Å². The molecule has 4 heteroatoms. The summed E-state index contributed by atoms with van der Waals surface area (Å²) >= 11 is 0. The van der Waals surface area contributed by atoms with E-state index in [1.807, 2.05) is 0 Å². The van der Waals surface area contributed by atoms with Crippen LogP contribution in [-0.4, -0.2) is 23.0 Å². The Bertz CT molecular complexity index is 501. The molecule has 0 radical (unpaired) electrons. The number of pyridine rings is 1. The van der Waals surface area contributed by atoms with E-state index in [9.17, 15) is 4.79 Å². The third-order valence-electron chi connectivity index (χ3n) is 3.70. The lowest BCUT2D eigenvalue weighted by molar-refractivity contribution is 0.0815. The summed E-state index contributed by atoms with van der Waals surface area (Å²) in [5, 5.41) is 3.10. The van der Waals surface area contributed by atoms with E-state index in [0.29, 0.717) is 12.2 Å². The van der Waals surface area contributed by atoms with Crippen LogP contribution < -0.4 is 11.1 Å². The van der Waals surface area contributed by atoms with Crippen molar-refractivity contribution in [3.63, 3.8) is 0 Å². The standard InChI is InChI=1S/C15H19N3O/c1-2-15(8-4-9-15)18-14(19)13-7-6-12(11-17-13)5-3-10-16/h6-7,11H,2,4,8-10,16H2,1H3,(H,18,19). The minimum atomic E-state index is -0.0973. The molecule has 1 saturated carbocycles. The normalized spacial score (nSPS) is 15.9. The summed E-state index contributed by atoms with van der Waals surface area (Å²) in [5.74, 6) is 5.54. The predicted molar refractivity (Wildman–Crippen MR) is 74.5 cm³/mol. The highest BCUT2D eigenvalue weighted by atomic mass is 16.2. The molecule has 0 spiro atoms. The molecule has 19 heavy (non-hydrogen) atoms. The number of aromatic nitrogens is 1. The zero-order valence-electron chi connectivity index (χ0n) is 11.2. The maximum atomic E-state index is 12.1. The zero-order valence-corrected chi connectivity index (χ0v) is 11.2. The Hall–Kier alpha value is -1.86. The first-order valence-electron chi connectivity index (χ1n) is 6.66. The highest BCUT2D eigenvalue weighted by Gasteiger charge is 2.36. The fourth-order valence-electron chi connectivity index (χ4n) is 2.23. The molecule has 0 aliphatic heterocycles. The molecule has 100 valence electrons. The number of hydrogen-bond donors (Lipinski definition) is 2. The van der Waals surface area contributed by atoms with Gasteiger partial charge < -0.3 is 11.1 Å². The van der Waals surface area contributed by atoms with E-state index in [1.165, 1.54) is 6.42 Å². The van der Waals surface area contributed by atoms with Crippen LogP contribution in [0.2, 0.25) is 0 Å². The largest absolute Gasteiger partial charge is 0.345 e. The average Bonchev–Trinajstić information content (AvgIpc) is 2.41. The van der Waals surface area contributed by atoms with E-state index in [-0.39, 0.29) is 11.4 Å². The molecule has 0 bridgehead atoms. The van der Waals surface area contributed by atoms with Crippen LogP contribution in [0, 0.1) is 11.8 Å². The molecule has 1 amide bonds. The van der Waals surface area contributed by atoms with Crippen molar-refractivity contribution < 1.29 is 4.79 Å². The van der Waals surface area contributed by atoms with E-state index in [4.69, 9.17) is 5.73 Å². The Kier molecular flexibility index (Phi) is 4.18. The maximum Gasteiger partial charge on any atom is 0.270 e. The quantitative estimate of drug-likeness (QED) is 0.805. The van der Waals surface area contributed by atoms with Gasteiger partial charge in [0.15, 0.2) is 0 Å². The summed E-state index contributed by atoms with van der Waals surface area (Å²) in [4.78, 5) is 16.3. The van der Waals surface area contributed by atoms with E-state index in [0.717, 1.165) is 24.8 Å². The average molecular weight is 257 g/mol. The SMILES string of the molecule is CCC1(NC(=O)c2ccc(C#CCN)cn2)CCC1. The van der Waals surface area contributed by atoms with Gasteiger partial charge in [-0.05, 0) is 37.8 Å². The first kappa shape index (κ1) is 13.6. The molecular weight excluding hydrogens is 238 g/mol. The van der Waals surface area contributed by atoms with Gasteiger partial charge >= 0.3 is 0 Å². The van der Waals surface area contributed by atoms with Crippen LogP contribution in [0.15, 0.2) is 18.3 Å². The second-order valence-electron chi connectivity index (χ2n) is 4.88. The third-order valence-corrected chi connectivity index (χ3v) is 3.70. The third kappa shape index (κ3) is 3.12. The second kappa shape index (κ2) is 5.85. The van der Waals surface area contributed by atoms with Crippen molar-refractivity contribution >= 4 is 5.91 Å². The molecule has 1 aromatic rings. The topological polar surface area (TPSA) is 68.0 Å². The van der Waals surface area contributed by atoms with Crippen LogP contribution in [0.3, 0.4) is 0 Å². The van der Waals surface area contributed by atoms with Crippen molar-refractivity contribution in [3.8, 4) is 11.8 Å². The molecule has 0 aromatic carbocycles. The molecule has 0 atom stereocenters. The van der Waals surface area contributed by atoms with Crippen molar-refractivity contribution in [1.29, 1.82) is 0 Å². The monoisotopic (exact) mass is 257 g/mol. The van der Waals surface area contributed by atoms with Gasteiger partial charge in [0.2, 0.25) is 0 Å². The fraction of sp³-hybridized carbons (Fsp3) is 0.467. The van der Waals surface area contributed by atoms with Crippen molar-refractivity contribution in [2.75, 3.05) is 6.54 Å². The van der Waals surface area contributed by atoms with Crippen LogP contribution in [0.25, 0.3) is 0 Å². The van der Waals surface area contributed by atoms with E-state index in [2.05, 4.69) is 29.1 Å². The van der Waals surface area contributed by atoms with Crippen molar-refractivity contribution in [3.05, 3.63) is 29.6 Å². The summed E-state index contributed by atoms with van der Waals surface area (Å²) in [6, 6.07) is 3.50. The minimum absolute atomic E-state index is 0.00318. The van der Waals surface area contributed by atoms with Gasteiger partial charge in [0.1, 0.15) is 5.69 Å². The number of rotatable bonds is 3. The number of amides is 1. The van der Waals surface area contributed by atoms with Gasteiger partial charge in [0.05, 0.1) is 6.54 Å². The molecule has 0 unspecified atom stereocenters. The number of nitrogens with zero attached hydrogens (tertiary/aromatic N) is 1. The Balaban J connectivity index is 2.03. The first-order chi connectivity index (χ1) is 9.19. The van der Waals surface area contributed by atoms with Gasteiger partial charge in [0.25, 0.3) is 5.91 Å². The molecule has 1 heterocycles. The first-order valence-corrected chi connectivity index (χ1v) is 6.66. The molecule has 1 fully saturated rings. The van der Waals surface area contributed by atoms with Crippen molar-refractivity contribution in [2.24, 2.45) is 5.73 Å². The summed E-state index contributed by atoms with van der Waals surface area (Å²) in [6.07, 6.45) is 5.90. The van der Waals surface area contributed by atoms with Gasteiger partial charge in [-0.25, -0.2) is 4.98 Å². The number of nitrogens with one attached hydrogen (secondary N) is 1. The number of hydrogen-bond acceptors (Lipinski definition) is 3. The predicted octanol–water partition coefficient (Wildman–Crippen LogP) is 1.45. The summed E-state index contributed by atoms with van der Waals surface area (Å²) in [7, 11) is 0. The summed E-state index contributed by atoms with van der Waals surface area (Å²) in [5.41, 5.74) is 6.52. The lowest BCUT2D eigenvalue weighted by Gasteiger charge is -2.41. The molecule has 3 N–H and O–H groups in total. The molecule has 4 nitrogen and oxygen atoms in total. The van der Waals surface area contributed by atoms with Crippen LogP contribution >= 0.6 is 0 Å². The van der Waals surface area contributed by atoms with E-state index >= 15 is 0 Å². The van der Waals surface area contributed by atoms with Crippen LogP contribution in [0.5, 0.6) is 0 Å². The number of carbonyl (C=O) groups excluding carboxylic acids is 1. The molecule has 1 aliphatic rings. The smallest absolute Gasteiger partial charge is 0.270 e. The Morgan fingerprint density at radius 3 is 2.79 bits per heavy atom. The second-order valence-corrected chi connectivity index (χ2v) is 4.88. The summed E-state index contributed by atoms with van der Waals surface area (Å²) in [6.45, 7) is 2.43. The molecule has 1 aromatic heterocycles. The van der Waals surface area contributed by atoms with E-state index in [1.54, 1.807) is 18.3 Å². The van der Waals surface area contributed by atoms with E-state index < -0.39 is 0 Å². The molecule has 0 saturated heterocycles. The van der Waals surface area contributed by atoms with Gasteiger partial charge in [-0.1, -0.05) is 18.8 Å².